The van der Waals surface area contributed by atoms with Crippen LogP contribution in [0.15, 0.2) is 62.5 Å². The number of fused-ring (bicyclic) bond motifs is 1. The maximum atomic E-state index is 12.1. The second kappa shape index (κ2) is 7.08. The average Bonchev–Trinajstić information content (AvgIpc) is 2.59. The molecule has 0 spiro atoms. The Balaban J connectivity index is 2.01. The zero-order valence-electron chi connectivity index (χ0n) is 12.6. The minimum atomic E-state index is -0.734. The molecule has 2 amide bonds. The van der Waals surface area contributed by atoms with E-state index in [0.717, 1.165) is 4.47 Å². The SMILES string of the molecule is NC(=O)c1cc2cc(Cl)ccc2o/c1=N/NC(=O)c1ccc(Br)cc1. The van der Waals surface area contributed by atoms with Crippen molar-refractivity contribution in [3.8, 4) is 0 Å². The highest BCUT2D eigenvalue weighted by atomic mass is 79.9. The first-order valence-electron chi connectivity index (χ1n) is 7.07. The lowest BCUT2D eigenvalue weighted by Crippen LogP contribution is -2.27. The lowest BCUT2D eigenvalue weighted by molar-refractivity contribution is 0.0946. The summed E-state index contributed by atoms with van der Waals surface area (Å²) < 4.78 is 6.41. The van der Waals surface area contributed by atoms with Crippen LogP contribution in [-0.4, -0.2) is 11.8 Å². The third kappa shape index (κ3) is 3.89. The Hall–Kier alpha value is -2.64. The van der Waals surface area contributed by atoms with Crippen molar-refractivity contribution in [3.05, 3.63) is 74.7 Å². The minimum absolute atomic E-state index is 0.0332. The van der Waals surface area contributed by atoms with E-state index in [-0.39, 0.29) is 11.1 Å². The number of carbonyl (C=O) groups excluding carboxylic acids is 2. The van der Waals surface area contributed by atoms with Crippen LogP contribution in [0.25, 0.3) is 11.0 Å². The molecule has 1 aromatic heterocycles. The van der Waals surface area contributed by atoms with Gasteiger partial charge >= 0.3 is 0 Å². The van der Waals surface area contributed by atoms with Gasteiger partial charge in [-0.05, 0) is 48.5 Å². The van der Waals surface area contributed by atoms with Gasteiger partial charge in [0.1, 0.15) is 11.1 Å². The molecular weight excluding hydrogens is 410 g/mol. The second-order valence-electron chi connectivity index (χ2n) is 5.07. The normalized spacial score (nSPS) is 11.5. The molecular formula is C17H11BrClN3O3. The molecule has 25 heavy (non-hydrogen) atoms. The number of nitrogens with one attached hydrogen (secondary N) is 1. The van der Waals surface area contributed by atoms with Crippen LogP contribution in [0.1, 0.15) is 20.7 Å². The first-order chi connectivity index (χ1) is 11.9. The fourth-order valence-corrected chi connectivity index (χ4v) is 2.57. The monoisotopic (exact) mass is 419 g/mol. The van der Waals surface area contributed by atoms with Crippen molar-refractivity contribution >= 4 is 50.3 Å². The first-order valence-corrected chi connectivity index (χ1v) is 8.24. The Morgan fingerprint density at radius 1 is 1.12 bits per heavy atom. The summed E-state index contributed by atoms with van der Waals surface area (Å²) >= 11 is 9.22. The third-order valence-electron chi connectivity index (χ3n) is 3.34. The van der Waals surface area contributed by atoms with Gasteiger partial charge in [-0.25, -0.2) is 5.43 Å². The minimum Gasteiger partial charge on any atom is -0.436 e. The van der Waals surface area contributed by atoms with E-state index >= 15 is 0 Å². The topological polar surface area (TPSA) is 97.7 Å². The number of nitrogens with two attached hydrogens (primary N) is 1. The fraction of sp³-hybridized carbons (Fsp3) is 0. The number of rotatable bonds is 3. The third-order valence-corrected chi connectivity index (χ3v) is 4.10. The molecule has 8 heteroatoms. The number of hydrogen-bond donors (Lipinski definition) is 2. The van der Waals surface area contributed by atoms with E-state index in [4.69, 9.17) is 21.8 Å². The zero-order chi connectivity index (χ0) is 18.0. The molecule has 3 rings (SSSR count). The summed E-state index contributed by atoms with van der Waals surface area (Å²) in [5.74, 6) is -1.18. The molecule has 0 aliphatic heterocycles. The Kier molecular flexibility index (Phi) is 4.87. The summed E-state index contributed by atoms with van der Waals surface area (Å²) in [6, 6.07) is 13.1. The molecule has 0 atom stereocenters. The predicted octanol–water partition coefficient (Wildman–Crippen LogP) is 3.19. The van der Waals surface area contributed by atoms with Crippen LogP contribution in [0.3, 0.4) is 0 Å². The molecule has 126 valence electrons. The van der Waals surface area contributed by atoms with Crippen LogP contribution in [-0.2, 0) is 0 Å². The predicted molar refractivity (Wildman–Crippen MR) is 96.9 cm³/mol. The number of nitrogens with zero attached hydrogens (tertiary/aromatic N) is 1. The lowest BCUT2D eigenvalue weighted by Gasteiger charge is -2.03. The summed E-state index contributed by atoms with van der Waals surface area (Å²) in [4.78, 5) is 23.8. The van der Waals surface area contributed by atoms with Gasteiger partial charge < -0.3 is 10.2 Å². The lowest BCUT2D eigenvalue weighted by atomic mass is 10.2. The van der Waals surface area contributed by atoms with Crippen LogP contribution < -0.4 is 16.7 Å². The maximum absolute atomic E-state index is 12.1. The quantitative estimate of drug-likeness (QED) is 0.637. The van der Waals surface area contributed by atoms with Crippen LogP contribution in [0.2, 0.25) is 5.02 Å². The van der Waals surface area contributed by atoms with E-state index in [0.29, 0.717) is 21.6 Å². The fourth-order valence-electron chi connectivity index (χ4n) is 2.13. The van der Waals surface area contributed by atoms with Gasteiger partial charge in [0, 0.05) is 20.4 Å². The van der Waals surface area contributed by atoms with Crippen LogP contribution in [0, 0.1) is 0 Å². The van der Waals surface area contributed by atoms with Gasteiger partial charge in [-0.3, -0.25) is 9.59 Å². The first kappa shape index (κ1) is 17.2. The molecule has 0 aliphatic rings. The van der Waals surface area contributed by atoms with E-state index < -0.39 is 11.8 Å². The van der Waals surface area contributed by atoms with Crippen LogP contribution >= 0.6 is 27.5 Å². The molecule has 3 N–H and O–H groups in total. The van der Waals surface area contributed by atoms with Crippen molar-refractivity contribution in [2.24, 2.45) is 10.8 Å². The number of carbonyl (C=O) groups is 2. The standard InChI is InChI=1S/C17H11BrClN3O3/c18-11-3-1-9(2-4-11)16(24)21-22-17-13(15(20)23)8-10-7-12(19)5-6-14(10)25-17/h1-8H,(H2,20,23)(H,21,24)/b22-17+. The molecule has 2 aromatic carbocycles. The molecule has 0 radical (unpaired) electrons. The maximum Gasteiger partial charge on any atom is 0.271 e. The summed E-state index contributed by atoms with van der Waals surface area (Å²) in [5.41, 5.74) is 8.51. The van der Waals surface area contributed by atoms with E-state index in [1.54, 1.807) is 42.5 Å². The molecule has 1 heterocycles. The van der Waals surface area contributed by atoms with E-state index in [2.05, 4.69) is 26.5 Å². The molecule has 3 aromatic rings. The summed E-state index contributed by atoms with van der Waals surface area (Å²) in [7, 11) is 0. The summed E-state index contributed by atoms with van der Waals surface area (Å²) in [6.45, 7) is 0. The van der Waals surface area contributed by atoms with E-state index in [1.165, 1.54) is 6.07 Å². The summed E-state index contributed by atoms with van der Waals surface area (Å²) in [5, 5.41) is 4.98. The van der Waals surface area contributed by atoms with Gasteiger partial charge in [0.15, 0.2) is 0 Å². The van der Waals surface area contributed by atoms with Crippen molar-refractivity contribution in [2.45, 2.75) is 0 Å². The highest BCUT2D eigenvalue weighted by Crippen LogP contribution is 2.18. The Morgan fingerprint density at radius 3 is 2.52 bits per heavy atom. The van der Waals surface area contributed by atoms with Crippen molar-refractivity contribution in [1.82, 2.24) is 5.43 Å². The van der Waals surface area contributed by atoms with Gasteiger partial charge in [0.25, 0.3) is 11.8 Å². The molecule has 0 bridgehead atoms. The second-order valence-corrected chi connectivity index (χ2v) is 6.42. The summed E-state index contributed by atoms with van der Waals surface area (Å²) in [6.07, 6.45) is 0. The van der Waals surface area contributed by atoms with Crippen molar-refractivity contribution in [3.63, 3.8) is 0 Å². The highest BCUT2D eigenvalue weighted by molar-refractivity contribution is 9.10. The molecule has 6 nitrogen and oxygen atoms in total. The molecule has 0 fully saturated rings. The van der Waals surface area contributed by atoms with Crippen LogP contribution in [0.5, 0.6) is 0 Å². The number of hydrogen-bond acceptors (Lipinski definition) is 4. The number of halogens is 2. The molecule has 0 saturated carbocycles. The Morgan fingerprint density at radius 2 is 1.84 bits per heavy atom. The van der Waals surface area contributed by atoms with E-state index in [1.807, 2.05) is 0 Å². The highest BCUT2D eigenvalue weighted by Gasteiger charge is 2.11. The number of primary amides is 1. The average molecular weight is 421 g/mol. The van der Waals surface area contributed by atoms with E-state index in [9.17, 15) is 9.59 Å². The van der Waals surface area contributed by atoms with Gasteiger partial charge in [-0.15, -0.1) is 5.10 Å². The van der Waals surface area contributed by atoms with Gasteiger partial charge in [0.2, 0.25) is 5.55 Å². The number of benzene rings is 2. The number of amides is 2. The molecule has 0 aliphatic carbocycles. The smallest absolute Gasteiger partial charge is 0.271 e. The zero-order valence-corrected chi connectivity index (χ0v) is 15.0. The largest absolute Gasteiger partial charge is 0.436 e. The van der Waals surface area contributed by atoms with Crippen molar-refractivity contribution in [2.75, 3.05) is 0 Å². The van der Waals surface area contributed by atoms with Gasteiger partial charge in [-0.1, -0.05) is 27.5 Å². The van der Waals surface area contributed by atoms with Gasteiger partial charge in [0.05, 0.1) is 0 Å². The van der Waals surface area contributed by atoms with Crippen LogP contribution in [0.4, 0.5) is 0 Å². The van der Waals surface area contributed by atoms with Crippen molar-refractivity contribution in [1.29, 1.82) is 0 Å². The Labute approximate surface area is 155 Å². The Bertz CT molecular complexity index is 1050. The van der Waals surface area contributed by atoms with Crippen molar-refractivity contribution < 1.29 is 14.0 Å². The van der Waals surface area contributed by atoms with Gasteiger partial charge in [-0.2, -0.15) is 0 Å². The molecule has 0 saturated heterocycles. The molecule has 0 unspecified atom stereocenters.